The molecule has 0 unspecified atom stereocenters. The first-order chi connectivity index (χ1) is 17.0. The molecule has 3 N–H and O–H groups in total. The number of H-pyrrole nitrogens is 1. The number of benzene rings is 2. The Bertz CT molecular complexity index is 1650. The molecule has 2 aromatic carbocycles. The van der Waals surface area contributed by atoms with Gasteiger partial charge >= 0.3 is 5.97 Å². The van der Waals surface area contributed by atoms with Gasteiger partial charge in [-0.05, 0) is 42.0 Å². The van der Waals surface area contributed by atoms with Crippen molar-refractivity contribution in [1.29, 1.82) is 0 Å². The minimum atomic E-state index is -4.40. The van der Waals surface area contributed by atoms with Crippen molar-refractivity contribution in [3.8, 4) is 11.8 Å². The van der Waals surface area contributed by atoms with E-state index in [4.69, 9.17) is 0 Å². The third kappa shape index (κ3) is 4.97. The summed E-state index contributed by atoms with van der Waals surface area (Å²) in [6, 6.07) is 6.02. The van der Waals surface area contributed by atoms with Crippen molar-refractivity contribution < 1.29 is 40.3 Å². The summed E-state index contributed by atoms with van der Waals surface area (Å²) >= 11 is 0.736. The van der Waals surface area contributed by atoms with Crippen LogP contribution in [0.1, 0.15) is 16.0 Å². The van der Waals surface area contributed by atoms with Crippen molar-refractivity contribution in [2.45, 2.75) is 16.7 Å². The molecule has 0 aliphatic carbocycles. The van der Waals surface area contributed by atoms with Crippen LogP contribution in [-0.4, -0.2) is 30.5 Å². The number of carboxylic acids is 1. The average molecular weight is 540 g/mol. The number of nitrogens with one attached hydrogen (secondary N) is 2. The summed E-state index contributed by atoms with van der Waals surface area (Å²) in [5.41, 5.74) is -0.527. The highest BCUT2D eigenvalue weighted by Crippen LogP contribution is 2.30. The summed E-state index contributed by atoms with van der Waals surface area (Å²) in [7, 11) is -4.40. The summed E-state index contributed by atoms with van der Waals surface area (Å²) < 4.78 is 95.7. The van der Waals surface area contributed by atoms with Crippen LogP contribution in [-0.2, 0) is 21.2 Å². The molecule has 0 saturated carbocycles. The van der Waals surface area contributed by atoms with E-state index in [0.717, 1.165) is 17.5 Å². The highest BCUT2D eigenvalue weighted by molar-refractivity contribution is 7.91. The minimum Gasteiger partial charge on any atom is -0.480 e. The van der Waals surface area contributed by atoms with Gasteiger partial charge < -0.3 is 10.1 Å². The summed E-state index contributed by atoms with van der Waals surface area (Å²) in [5.74, 6) is -4.20. The molecule has 0 spiro atoms. The number of thiophene rings is 1. The van der Waals surface area contributed by atoms with Crippen molar-refractivity contribution in [2.75, 3.05) is 0 Å². The van der Waals surface area contributed by atoms with E-state index >= 15 is 0 Å². The monoisotopic (exact) mass is 540 g/mol. The van der Waals surface area contributed by atoms with Crippen LogP contribution in [0.3, 0.4) is 0 Å². The number of halogens is 5. The molecule has 186 valence electrons. The molecular formula is C23H13F5N2O4S2. The second kappa shape index (κ2) is 9.73. The lowest BCUT2D eigenvalue weighted by Crippen LogP contribution is -2.42. The summed E-state index contributed by atoms with van der Waals surface area (Å²) in [6.45, 7) is 0. The number of aromatic nitrogens is 1. The Morgan fingerprint density at radius 3 is 2.31 bits per heavy atom. The first-order valence-electron chi connectivity index (χ1n) is 9.92. The molecule has 4 rings (SSSR count). The molecule has 13 heteroatoms. The highest BCUT2D eigenvalue weighted by Gasteiger charge is 2.30. The SMILES string of the molecule is O=C(O)[C@@H](Cc1c[nH]c2c(F)c(F)c(F)c(F)c12)NS(=O)(=O)c1ccc(C#Cc2ccc(F)cc2)s1. The summed E-state index contributed by atoms with van der Waals surface area (Å²) in [5, 5.41) is 8.80. The van der Waals surface area contributed by atoms with E-state index in [9.17, 15) is 40.3 Å². The van der Waals surface area contributed by atoms with Crippen molar-refractivity contribution in [3.63, 3.8) is 0 Å². The number of hydrogen-bond donors (Lipinski definition) is 3. The molecule has 2 heterocycles. The Morgan fingerprint density at radius 1 is 0.972 bits per heavy atom. The maximum absolute atomic E-state index is 14.3. The van der Waals surface area contributed by atoms with Gasteiger partial charge in [-0.25, -0.2) is 30.4 Å². The molecule has 0 fully saturated rings. The Kier molecular flexibility index (Phi) is 6.85. The largest absolute Gasteiger partial charge is 0.480 e. The van der Waals surface area contributed by atoms with Crippen molar-refractivity contribution in [1.82, 2.24) is 9.71 Å². The smallest absolute Gasteiger partial charge is 0.322 e. The summed E-state index contributed by atoms with van der Waals surface area (Å²) in [6.07, 6.45) is 0.229. The first-order valence-corrected chi connectivity index (χ1v) is 12.2. The molecule has 1 atom stereocenters. The average Bonchev–Trinajstić information content (AvgIpc) is 3.48. The van der Waals surface area contributed by atoms with E-state index < -0.39 is 68.4 Å². The van der Waals surface area contributed by atoms with Crippen LogP contribution in [0, 0.1) is 40.9 Å². The molecule has 4 aromatic rings. The Hall–Kier alpha value is -3.73. The van der Waals surface area contributed by atoms with Crippen molar-refractivity contribution >= 4 is 38.2 Å². The number of carbonyl (C=O) groups is 1. The van der Waals surface area contributed by atoms with Crippen molar-refractivity contribution in [3.05, 3.63) is 87.7 Å². The molecule has 0 radical (unpaired) electrons. The van der Waals surface area contributed by atoms with Gasteiger partial charge in [0, 0.05) is 23.6 Å². The molecule has 0 amide bonds. The van der Waals surface area contributed by atoms with E-state index in [2.05, 4.69) is 16.8 Å². The van der Waals surface area contributed by atoms with Gasteiger partial charge in [0.15, 0.2) is 23.3 Å². The topological polar surface area (TPSA) is 99.3 Å². The molecule has 0 saturated heterocycles. The van der Waals surface area contributed by atoms with Gasteiger partial charge in [0.05, 0.1) is 10.4 Å². The lowest BCUT2D eigenvalue weighted by atomic mass is 10.0. The predicted molar refractivity (Wildman–Crippen MR) is 120 cm³/mol. The highest BCUT2D eigenvalue weighted by atomic mass is 32.2. The fourth-order valence-corrected chi connectivity index (χ4v) is 5.67. The molecule has 6 nitrogen and oxygen atoms in total. The number of aliphatic carboxylic acids is 1. The zero-order valence-electron chi connectivity index (χ0n) is 17.7. The number of carboxylic acid groups (broad SMARTS) is 1. The second-order valence-electron chi connectivity index (χ2n) is 7.41. The number of hydrogen-bond acceptors (Lipinski definition) is 4. The van der Waals surface area contributed by atoms with E-state index in [1.54, 1.807) is 0 Å². The molecule has 0 bridgehead atoms. The van der Waals surface area contributed by atoms with E-state index in [1.165, 1.54) is 36.4 Å². The normalized spacial score (nSPS) is 12.4. The van der Waals surface area contributed by atoms with Crippen LogP contribution in [0.25, 0.3) is 10.9 Å². The van der Waals surface area contributed by atoms with Crippen LogP contribution in [0.15, 0.2) is 46.8 Å². The lowest BCUT2D eigenvalue weighted by molar-refractivity contribution is -0.138. The number of sulfonamides is 1. The van der Waals surface area contributed by atoms with Crippen LogP contribution in [0.5, 0.6) is 0 Å². The van der Waals surface area contributed by atoms with Gasteiger partial charge in [-0.1, -0.05) is 11.8 Å². The number of rotatable bonds is 6. The quantitative estimate of drug-likeness (QED) is 0.147. The van der Waals surface area contributed by atoms with E-state index in [-0.39, 0.29) is 9.77 Å². The van der Waals surface area contributed by atoms with Gasteiger partial charge in [0.25, 0.3) is 10.0 Å². The Labute approximate surface area is 204 Å². The zero-order chi connectivity index (χ0) is 26.2. The fourth-order valence-electron chi connectivity index (χ4n) is 3.30. The van der Waals surface area contributed by atoms with Crippen LogP contribution in [0.4, 0.5) is 22.0 Å². The van der Waals surface area contributed by atoms with Gasteiger partial charge in [0.1, 0.15) is 16.1 Å². The van der Waals surface area contributed by atoms with E-state index in [1.807, 2.05) is 4.72 Å². The number of aromatic amines is 1. The maximum Gasteiger partial charge on any atom is 0.322 e. The molecule has 0 aliphatic rings. The zero-order valence-corrected chi connectivity index (χ0v) is 19.3. The third-order valence-corrected chi connectivity index (χ3v) is 7.98. The lowest BCUT2D eigenvalue weighted by Gasteiger charge is -2.14. The summed E-state index contributed by atoms with van der Waals surface area (Å²) in [4.78, 5) is 14.3. The van der Waals surface area contributed by atoms with Gasteiger partial charge in [-0.3, -0.25) is 4.79 Å². The number of fused-ring (bicyclic) bond motifs is 1. The Balaban J connectivity index is 1.58. The van der Waals surface area contributed by atoms with Crippen LogP contribution < -0.4 is 4.72 Å². The van der Waals surface area contributed by atoms with Gasteiger partial charge in [-0.2, -0.15) is 4.72 Å². The minimum absolute atomic E-state index is 0.276. The van der Waals surface area contributed by atoms with Gasteiger partial charge in [-0.15, -0.1) is 11.3 Å². The van der Waals surface area contributed by atoms with Crippen LogP contribution in [0.2, 0.25) is 0 Å². The first kappa shape index (κ1) is 25.4. The van der Waals surface area contributed by atoms with E-state index in [0.29, 0.717) is 10.4 Å². The van der Waals surface area contributed by atoms with Crippen LogP contribution >= 0.6 is 11.3 Å². The Morgan fingerprint density at radius 2 is 1.64 bits per heavy atom. The molecule has 0 aliphatic heterocycles. The molecular weight excluding hydrogens is 527 g/mol. The second-order valence-corrected chi connectivity index (χ2v) is 10.4. The standard InChI is InChI=1S/C23H13F5N2O4S2/c24-13-4-1-11(2-5-13)3-6-14-7-8-16(35-14)36(33,34)30-15(23(31)32)9-12-10-29-22-17(12)18(25)19(26)20(27)21(22)28/h1-2,4-5,7-8,10,15,29-30H,9H2,(H,31,32)/t15-/m1/s1. The van der Waals surface area contributed by atoms with Gasteiger partial charge in [0.2, 0.25) is 0 Å². The fraction of sp³-hybridized carbons (Fsp3) is 0.0870. The predicted octanol–water partition coefficient (Wildman–Crippen LogP) is 4.30. The molecule has 36 heavy (non-hydrogen) atoms. The van der Waals surface area contributed by atoms with Crippen molar-refractivity contribution in [2.24, 2.45) is 0 Å². The molecule has 2 aromatic heterocycles. The third-order valence-electron chi connectivity index (χ3n) is 5.02. The maximum atomic E-state index is 14.3.